The maximum absolute atomic E-state index is 5.89. The second-order valence-corrected chi connectivity index (χ2v) is 6.19. The van der Waals surface area contributed by atoms with Gasteiger partial charge in [0.15, 0.2) is 0 Å². The molecule has 1 saturated heterocycles. The summed E-state index contributed by atoms with van der Waals surface area (Å²) < 4.78 is 17.0. The van der Waals surface area contributed by atoms with E-state index < -0.39 is 0 Å². The third-order valence-electron chi connectivity index (χ3n) is 4.26. The zero-order valence-electron chi connectivity index (χ0n) is 14.7. The Morgan fingerprint density at radius 1 is 0.880 bits per heavy atom. The summed E-state index contributed by atoms with van der Waals surface area (Å²) in [5.74, 6) is 0.939. The first-order valence-corrected chi connectivity index (χ1v) is 9.09. The Labute approximate surface area is 150 Å². The second-order valence-electron chi connectivity index (χ2n) is 6.19. The molecule has 25 heavy (non-hydrogen) atoms. The lowest BCUT2D eigenvalue weighted by Gasteiger charge is -2.29. The van der Waals surface area contributed by atoms with Crippen LogP contribution in [0.15, 0.2) is 54.6 Å². The number of hydrogen-bond acceptors (Lipinski definition) is 4. The van der Waals surface area contributed by atoms with Crippen molar-refractivity contribution < 1.29 is 14.2 Å². The van der Waals surface area contributed by atoms with Crippen molar-refractivity contribution in [3.63, 3.8) is 0 Å². The Bertz CT molecular complexity index is 612. The molecule has 1 heterocycles. The number of rotatable bonds is 9. The van der Waals surface area contributed by atoms with Crippen LogP contribution in [-0.4, -0.2) is 39.5 Å². The van der Waals surface area contributed by atoms with Crippen LogP contribution in [0.25, 0.3) is 0 Å². The first-order chi connectivity index (χ1) is 12.4. The van der Waals surface area contributed by atoms with Gasteiger partial charge in [0.2, 0.25) is 0 Å². The molecule has 1 fully saturated rings. The second kappa shape index (κ2) is 10.1. The van der Waals surface area contributed by atoms with Gasteiger partial charge >= 0.3 is 0 Å². The number of nitrogens with zero attached hydrogens (tertiary/aromatic N) is 1. The summed E-state index contributed by atoms with van der Waals surface area (Å²) in [5.41, 5.74) is 2.44. The van der Waals surface area contributed by atoms with Gasteiger partial charge in [0.05, 0.1) is 26.4 Å². The maximum Gasteiger partial charge on any atom is 0.121 e. The smallest absolute Gasteiger partial charge is 0.121 e. The average molecular weight is 341 g/mol. The highest BCUT2D eigenvalue weighted by Crippen LogP contribution is 2.22. The van der Waals surface area contributed by atoms with Crippen LogP contribution in [0.2, 0.25) is 0 Å². The number of hydrogen-bond donors (Lipinski definition) is 0. The summed E-state index contributed by atoms with van der Waals surface area (Å²) in [7, 11) is 0. The SMILES string of the molecule is c1ccc(COCCCCOc2cccc(N3CCOCC3)c2)cc1. The molecule has 1 aliphatic rings. The molecule has 3 rings (SSSR count). The molecular formula is C21H27NO3. The van der Waals surface area contributed by atoms with E-state index in [9.17, 15) is 0 Å². The van der Waals surface area contributed by atoms with E-state index in [2.05, 4.69) is 35.2 Å². The fourth-order valence-electron chi connectivity index (χ4n) is 2.85. The zero-order valence-corrected chi connectivity index (χ0v) is 14.7. The lowest BCUT2D eigenvalue weighted by atomic mass is 10.2. The maximum atomic E-state index is 5.89. The molecule has 134 valence electrons. The minimum atomic E-state index is 0.684. The molecule has 4 heteroatoms. The molecule has 0 N–H and O–H groups in total. The molecule has 0 unspecified atom stereocenters. The molecule has 0 amide bonds. The van der Waals surface area contributed by atoms with Crippen LogP contribution in [0.3, 0.4) is 0 Å². The molecule has 2 aromatic carbocycles. The summed E-state index contributed by atoms with van der Waals surface area (Å²) in [6, 6.07) is 18.6. The van der Waals surface area contributed by atoms with E-state index >= 15 is 0 Å². The normalized spacial score (nSPS) is 14.5. The fourth-order valence-corrected chi connectivity index (χ4v) is 2.85. The lowest BCUT2D eigenvalue weighted by Crippen LogP contribution is -2.36. The summed E-state index contributed by atoms with van der Waals surface area (Å²) >= 11 is 0. The number of benzene rings is 2. The average Bonchev–Trinajstić information content (AvgIpc) is 2.69. The van der Waals surface area contributed by atoms with Gasteiger partial charge in [-0.05, 0) is 30.5 Å². The summed E-state index contributed by atoms with van der Waals surface area (Å²) in [4.78, 5) is 2.34. The molecule has 0 atom stereocenters. The first kappa shape index (κ1) is 17.8. The monoisotopic (exact) mass is 341 g/mol. The number of anilines is 1. The Morgan fingerprint density at radius 3 is 2.52 bits per heavy atom. The molecular weight excluding hydrogens is 314 g/mol. The van der Waals surface area contributed by atoms with Crippen molar-refractivity contribution in [2.24, 2.45) is 0 Å². The van der Waals surface area contributed by atoms with Crippen LogP contribution in [0.5, 0.6) is 5.75 Å². The van der Waals surface area contributed by atoms with E-state index in [0.29, 0.717) is 6.61 Å². The van der Waals surface area contributed by atoms with Crippen molar-refractivity contribution in [2.45, 2.75) is 19.4 Å². The highest BCUT2D eigenvalue weighted by molar-refractivity contribution is 5.50. The van der Waals surface area contributed by atoms with Crippen molar-refractivity contribution in [3.05, 3.63) is 60.2 Å². The molecule has 0 saturated carbocycles. The van der Waals surface area contributed by atoms with E-state index in [1.807, 2.05) is 24.3 Å². The highest BCUT2D eigenvalue weighted by atomic mass is 16.5. The summed E-state index contributed by atoms with van der Waals surface area (Å²) in [5, 5.41) is 0. The van der Waals surface area contributed by atoms with Gasteiger partial charge in [-0.15, -0.1) is 0 Å². The summed E-state index contributed by atoms with van der Waals surface area (Å²) in [6.45, 7) is 5.67. The van der Waals surface area contributed by atoms with Crippen molar-refractivity contribution in [2.75, 3.05) is 44.4 Å². The zero-order chi connectivity index (χ0) is 17.2. The molecule has 0 radical (unpaired) electrons. The Hall–Kier alpha value is -2.04. The standard InChI is InChI=1S/C21H27NO3/c1-2-7-19(8-3-1)18-24-13-4-5-14-25-21-10-6-9-20(17-21)22-11-15-23-16-12-22/h1-3,6-10,17H,4-5,11-16,18H2. The van der Waals surface area contributed by atoms with Gasteiger partial charge in [-0.3, -0.25) is 0 Å². The van der Waals surface area contributed by atoms with Gasteiger partial charge in [-0.25, -0.2) is 0 Å². The molecule has 0 aromatic heterocycles. The van der Waals surface area contributed by atoms with Gasteiger partial charge in [0.25, 0.3) is 0 Å². The fraction of sp³-hybridized carbons (Fsp3) is 0.429. The summed E-state index contributed by atoms with van der Waals surface area (Å²) in [6.07, 6.45) is 2.01. The molecule has 0 aliphatic carbocycles. The molecule has 0 bridgehead atoms. The van der Waals surface area contributed by atoms with E-state index in [0.717, 1.165) is 58.1 Å². The van der Waals surface area contributed by atoms with Gasteiger partial charge in [0.1, 0.15) is 5.75 Å². The van der Waals surface area contributed by atoms with E-state index in [4.69, 9.17) is 14.2 Å². The molecule has 4 nitrogen and oxygen atoms in total. The number of ether oxygens (including phenoxy) is 3. The minimum absolute atomic E-state index is 0.684. The van der Waals surface area contributed by atoms with Gasteiger partial charge in [0, 0.05) is 31.5 Å². The van der Waals surface area contributed by atoms with Crippen molar-refractivity contribution in [1.82, 2.24) is 0 Å². The minimum Gasteiger partial charge on any atom is -0.494 e. The quantitative estimate of drug-likeness (QED) is 0.647. The van der Waals surface area contributed by atoms with Crippen molar-refractivity contribution >= 4 is 5.69 Å². The van der Waals surface area contributed by atoms with Crippen LogP contribution in [-0.2, 0) is 16.1 Å². The molecule has 1 aliphatic heterocycles. The third kappa shape index (κ3) is 6.07. The number of morpholine rings is 1. The van der Waals surface area contributed by atoms with E-state index in [1.54, 1.807) is 0 Å². The van der Waals surface area contributed by atoms with Crippen LogP contribution in [0.1, 0.15) is 18.4 Å². The van der Waals surface area contributed by atoms with Crippen LogP contribution in [0, 0.1) is 0 Å². The van der Waals surface area contributed by atoms with Crippen molar-refractivity contribution in [1.29, 1.82) is 0 Å². The van der Waals surface area contributed by atoms with E-state index in [1.165, 1.54) is 11.3 Å². The Morgan fingerprint density at radius 2 is 1.68 bits per heavy atom. The third-order valence-corrected chi connectivity index (χ3v) is 4.26. The van der Waals surface area contributed by atoms with Crippen LogP contribution >= 0.6 is 0 Å². The topological polar surface area (TPSA) is 30.9 Å². The van der Waals surface area contributed by atoms with Crippen molar-refractivity contribution in [3.8, 4) is 5.75 Å². The lowest BCUT2D eigenvalue weighted by molar-refractivity contribution is 0.113. The molecule has 0 spiro atoms. The highest BCUT2D eigenvalue weighted by Gasteiger charge is 2.11. The van der Waals surface area contributed by atoms with Gasteiger partial charge in [-0.2, -0.15) is 0 Å². The molecule has 2 aromatic rings. The predicted molar refractivity (Wildman–Crippen MR) is 100 cm³/mol. The van der Waals surface area contributed by atoms with Crippen LogP contribution in [0.4, 0.5) is 5.69 Å². The predicted octanol–water partition coefficient (Wildman–Crippen LogP) is 3.90. The first-order valence-electron chi connectivity index (χ1n) is 9.09. The van der Waals surface area contributed by atoms with Gasteiger partial charge in [-0.1, -0.05) is 36.4 Å². The van der Waals surface area contributed by atoms with Crippen LogP contribution < -0.4 is 9.64 Å². The number of unbranched alkanes of at least 4 members (excludes halogenated alkanes) is 1. The largest absolute Gasteiger partial charge is 0.494 e. The van der Waals surface area contributed by atoms with E-state index in [-0.39, 0.29) is 0 Å². The Balaban J connectivity index is 1.31. The Kier molecular flexibility index (Phi) is 7.16. The van der Waals surface area contributed by atoms with Gasteiger partial charge < -0.3 is 19.1 Å².